The molecule has 3 aliphatic rings. The van der Waals surface area contributed by atoms with Crippen molar-refractivity contribution in [2.24, 2.45) is 17.3 Å². The van der Waals surface area contributed by atoms with E-state index in [-0.39, 0.29) is 17.6 Å². The fourth-order valence-corrected chi connectivity index (χ4v) is 3.44. The molecule has 0 aromatic rings. The van der Waals surface area contributed by atoms with Crippen LogP contribution in [-0.2, 0) is 4.74 Å². The lowest BCUT2D eigenvalue weighted by molar-refractivity contribution is -0.124. The average Bonchev–Trinajstić information content (AvgIpc) is 2.52. The van der Waals surface area contributed by atoms with Gasteiger partial charge in [-0.3, -0.25) is 0 Å². The largest absolute Gasteiger partial charge is 0.390 e. The van der Waals surface area contributed by atoms with E-state index in [1.54, 1.807) is 0 Å². The number of hydrogen-bond donors (Lipinski definition) is 2. The van der Waals surface area contributed by atoms with Crippen LogP contribution in [0.1, 0.15) is 19.8 Å². The summed E-state index contributed by atoms with van der Waals surface area (Å²) in [7, 11) is 0. The molecule has 0 aromatic carbocycles. The molecule has 68 valence electrons. The summed E-state index contributed by atoms with van der Waals surface area (Å²) in [6, 6.07) is 0. The van der Waals surface area contributed by atoms with E-state index >= 15 is 0 Å². The van der Waals surface area contributed by atoms with E-state index in [0.29, 0.717) is 11.8 Å². The lowest BCUT2D eigenvalue weighted by Crippen LogP contribution is -2.37. The van der Waals surface area contributed by atoms with Gasteiger partial charge in [0.1, 0.15) is 0 Å². The molecule has 2 bridgehead atoms. The molecule has 12 heavy (non-hydrogen) atoms. The highest BCUT2D eigenvalue weighted by Gasteiger charge is 2.65. The highest BCUT2D eigenvalue weighted by atomic mass is 16.6. The predicted molar refractivity (Wildman–Crippen MR) is 41.2 cm³/mol. The SMILES string of the molecule is CC12CC3C(O)OC([C@H]3C1)[C@H]2O. The summed E-state index contributed by atoms with van der Waals surface area (Å²) in [5, 5.41) is 19.3. The van der Waals surface area contributed by atoms with Crippen LogP contribution in [0, 0.1) is 17.3 Å². The lowest BCUT2D eigenvalue weighted by Gasteiger charge is -2.29. The molecular formula is C9H14O3. The Labute approximate surface area is 71.3 Å². The van der Waals surface area contributed by atoms with Gasteiger partial charge in [-0.1, -0.05) is 6.92 Å². The van der Waals surface area contributed by atoms with Crippen molar-refractivity contribution >= 4 is 0 Å². The Kier molecular flexibility index (Phi) is 1.13. The monoisotopic (exact) mass is 170 g/mol. The van der Waals surface area contributed by atoms with Crippen molar-refractivity contribution in [3.8, 4) is 0 Å². The first-order valence-corrected chi connectivity index (χ1v) is 4.63. The summed E-state index contributed by atoms with van der Waals surface area (Å²) >= 11 is 0. The Morgan fingerprint density at radius 3 is 2.50 bits per heavy atom. The van der Waals surface area contributed by atoms with Gasteiger partial charge in [0.05, 0.1) is 12.2 Å². The van der Waals surface area contributed by atoms with Gasteiger partial charge in [0, 0.05) is 5.92 Å². The quantitative estimate of drug-likeness (QED) is 0.542. The van der Waals surface area contributed by atoms with Crippen LogP contribution in [0.15, 0.2) is 0 Å². The topological polar surface area (TPSA) is 49.7 Å². The van der Waals surface area contributed by atoms with Crippen molar-refractivity contribution in [2.45, 2.75) is 38.3 Å². The molecule has 1 saturated heterocycles. The molecule has 3 rings (SSSR count). The van der Waals surface area contributed by atoms with Crippen molar-refractivity contribution in [3.63, 3.8) is 0 Å². The molecule has 2 saturated carbocycles. The number of ether oxygens (including phenoxy) is 1. The number of hydrogen-bond acceptors (Lipinski definition) is 3. The number of rotatable bonds is 0. The normalized spacial score (nSPS) is 67.8. The van der Waals surface area contributed by atoms with E-state index in [9.17, 15) is 10.2 Å². The smallest absolute Gasteiger partial charge is 0.158 e. The van der Waals surface area contributed by atoms with Gasteiger partial charge in [-0.05, 0) is 24.2 Å². The van der Waals surface area contributed by atoms with E-state index in [4.69, 9.17) is 4.74 Å². The van der Waals surface area contributed by atoms with Crippen LogP contribution in [0.2, 0.25) is 0 Å². The molecule has 1 aliphatic heterocycles. The summed E-state index contributed by atoms with van der Waals surface area (Å²) in [6.45, 7) is 2.10. The second-order valence-corrected chi connectivity index (χ2v) is 4.83. The van der Waals surface area contributed by atoms with Crippen LogP contribution in [-0.4, -0.2) is 28.7 Å². The molecule has 0 radical (unpaired) electrons. The van der Waals surface area contributed by atoms with Crippen molar-refractivity contribution < 1.29 is 14.9 Å². The first kappa shape index (κ1) is 7.30. The molecule has 3 heteroatoms. The van der Waals surface area contributed by atoms with Gasteiger partial charge in [-0.2, -0.15) is 0 Å². The van der Waals surface area contributed by atoms with Gasteiger partial charge in [-0.25, -0.2) is 0 Å². The second-order valence-electron chi connectivity index (χ2n) is 4.83. The van der Waals surface area contributed by atoms with E-state index in [0.717, 1.165) is 12.8 Å². The minimum atomic E-state index is -0.612. The summed E-state index contributed by atoms with van der Waals surface area (Å²) in [4.78, 5) is 0. The van der Waals surface area contributed by atoms with Crippen LogP contribution < -0.4 is 0 Å². The zero-order valence-corrected chi connectivity index (χ0v) is 7.10. The van der Waals surface area contributed by atoms with Gasteiger partial charge >= 0.3 is 0 Å². The first-order valence-electron chi connectivity index (χ1n) is 4.63. The van der Waals surface area contributed by atoms with Crippen LogP contribution in [0.5, 0.6) is 0 Å². The average molecular weight is 170 g/mol. The standard InChI is InChI=1S/C9H14O3/c1-9-2-4-5(3-9)8(11)12-6(4)7(9)10/h4-8,10-11H,2-3H2,1H3/t4-,5?,6?,7+,8?,9?/m0/s1. The Bertz CT molecular complexity index is 228. The van der Waals surface area contributed by atoms with E-state index < -0.39 is 6.29 Å². The maximum Gasteiger partial charge on any atom is 0.158 e. The maximum absolute atomic E-state index is 9.85. The van der Waals surface area contributed by atoms with Gasteiger partial charge in [0.15, 0.2) is 6.29 Å². The lowest BCUT2D eigenvalue weighted by atomic mass is 9.79. The molecular weight excluding hydrogens is 156 g/mol. The molecule has 0 aromatic heterocycles. The third kappa shape index (κ3) is 0.605. The van der Waals surface area contributed by atoms with Crippen molar-refractivity contribution in [2.75, 3.05) is 0 Å². The molecule has 0 spiro atoms. The van der Waals surface area contributed by atoms with Crippen LogP contribution in [0.3, 0.4) is 0 Å². The van der Waals surface area contributed by atoms with Crippen LogP contribution >= 0.6 is 0 Å². The van der Waals surface area contributed by atoms with Gasteiger partial charge < -0.3 is 14.9 Å². The number of aliphatic hydroxyl groups is 2. The summed E-state index contributed by atoms with van der Waals surface area (Å²) < 4.78 is 5.32. The summed E-state index contributed by atoms with van der Waals surface area (Å²) in [5.74, 6) is 0.711. The minimum Gasteiger partial charge on any atom is -0.390 e. The van der Waals surface area contributed by atoms with E-state index in [2.05, 4.69) is 6.92 Å². The summed E-state index contributed by atoms with van der Waals surface area (Å²) in [6.07, 6.45) is 0.912. The number of aliphatic hydroxyl groups excluding tert-OH is 2. The molecule has 1 heterocycles. The van der Waals surface area contributed by atoms with Gasteiger partial charge in [-0.15, -0.1) is 0 Å². The maximum atomic E-state index is 9.85. The second kappa shape index (κ2) is 1.86. The molecule has 4 unspecified atom stereocenters. The zero-order valence-electron chi connectivity index (χ0n) is 7.10. The van der Waals surface area contributed by atoms with Gasteiger partial charge in [0.2, 0.25) is 0 Å². The van der Waals surface area contributed by atoms with Crippen molar-refractivity contribution in [3.05, 3.63) is 0 Å². The fraction of sp³-hybridized carbons (Fsp3) is 1.00. The van der Waals surface area contributed by atoms with Crippen molar-refractivity contribution in [1.82, 2.24) is 0 Å². The third-order valence-corrected chi connectivity index (χ3v) is 4.06. The molecule has 2 N–H and O–H groups in total. The Balaban J connectivity index is 2.02. The first-order chi connectivity index (χ1) is 5.62. The number of fused-ring (bicyclic) bond motifs is 1. The molecule has 3 fully saturated rings. The molecule has 2 aliphatic carbocycles. The van der Waals surface area contributed by atoms with E-state index in [1.807, 2.05) is 0 Å². The Morgan fingerprint density at radius 2 is 1.92 bits per heavy atom. The third-order valence-electron chi connectivity index (χ3n) is 4.06. The Hall–Kier alpha value is -0.120. The van der Waals surface area contributed by atoms with Crippen LogP contribution in [0.25, 0.3) is 0 Å². The van der Waals surface area contributed by atoms with E-state index in [1.165, 1.54) is 0 Å². The van der Waals surface area contributed by atoms with Crippen molar-refractivity contribution in [1.29, 1.82) is 0 Å². The molecule has 0 amide bonds. The van der Waals surface area contributed by atoms with Gasteiger partial charge in [0.25, 0.3) is 0 Å². The highest BCUT2D eigenvalue weighted by molar-refractivity contribution is 5.12. The predicted octanol–water partition coefficient (Wildman–Crippen LogP) is 0.111. The molecule has 3 nitrogen and oxygen atoms in total. The highest BCUT2D eigenvalue weighted by Crippen LogP contribution is 2.62. The Morgan fingerprint density at radius 1 is 1.25 bits per heavy atom. The fourth-order valence-electron chi connectivity index (χ4n) is 3.44. The minimum absolute atomic E-state index is 0.0253. The zero-order chi connectivity index (χ0) is 8.51. The molecule has 6 atom stereocenters. The van der Waals surface area contributed by atoms with Crippen LogP contribution in [0.4, 0.5) is 0 Å². The summed E-state index contributed by atoms with van der Waals surface area (Å²) in [5.41, 5.74) is 0.0253.